The van der Waals surface area contributed by atoms with Gasteiger partial charge in [-0.15, -0.1) is 11.3 Å². The van der Waals surface area contributed by atoms with E-state index in [0.717, 1.165) is 17.0 Å². The fourth-order valence-electron chi connectivity index (χ4n) is 4.13. The predicted molar refractivity (Wildman–Crippen MR) is 105 cm³/mol. The first-order valence-corrected chi connectivity index (χ1v) is 10.6. The van der Waals surface area contributed by atoms with Gasteiger partial charge in [-0.3, -0.25) is 0 Å². The zero-order chi connectivity index (χ0) is 19.7. The maximum Gasteiger partial charge on any atom is 0.410 e. The summed E-state index contributed by atoms with van der Waals surface area (Å²) in [5.74, 6) is -1.03. The van der Waals surface area contributed by atoms with Crippen LogP contribution in [0.3, 0.4) is 0 Å². The number of aromatic nitrogens is 1. The zero-order valence-electron chi connectivity index (χ0n) is 14.9. The second-order valence-electron chi connectivity index (χ2n) is 7.03. The molecule has 2 heterocycles. The van der Waals surface area contributed by atoms with Crippen LogP contribution in [0.5, 0.6) is 0 Å². The number of amides is 1. The Hall–Kier alpha value is -1.97. The Morgan fingerprint density at radius 3 is 2.75 bits per heavy atom. The molecule has 3 atom stereocenters. The summed E-state index contributed by atoms with van der Waals surface area (Å²) in [4.78, 5) is 29.9. The summed E-state index contributed by atoms with van der Waals surface area (Å²) < 4.78 is 12.1. The van der Waals surface area contributed by atoms with Crippen LogP contribution in [0, 0.1) is 5.92 Å². The summed E-state index contributed by atoms with van der Waals surface area (Å²) >= 11 is 4.80. The molecule has 1 saturated carbocycles. The quantitative estimate of drug-likeness (QED) is 0.698. The van der Waals surface area contributed by atoms with Gasteiger partial charge < -0.3 is 19.5 Å². The van der Waals surface area contributed by atoms with E-state index >= 15 is 0 Å². The molecule has 1 N–H and O–H groups in total. The highest BCUT2D eigenvalue weighted by Crippen LogP contribution is 2.54. The third-order valence-corrected chi connectivity index (χ3v) is 7.05. The summed E-state index contributed by atoms with van der Waals surface area (Å²) in [5, 5.41) is 11.7. The second kappa shape index (κ2) is 7.81. The summed E-state index contributed by atoms with van der Waals surface area (Å²) in [7, 11) is 0. The van der Waals surface area contributed by atoms with E-state index in [0.29, 0.717) is 17.6 Å². The largest absolute Gasteiger partial charge is 0.480 e. The molecular formula is C19H19BrN2O5S. The number of halogens is 1. The lowest BCUT2D eigenvalue weighted by Crippen LogP contribution is -2.48. The number of aliphatic carboxylic acids is 1. The van der Waals surface area contributed by atoms with E-state index in [-0.39, 0.29) is 24.7 Å². The van der Waals surface area contributed by atoms with Crippen LogP contribution in [0.2, 0.25) is 0 Å². The number of rotatable bonds is 6. The van der Waals surface area contributed by atoms with Gasteiger partial charge in [-0.05, 0) is 27.9 Å². The van der Waals surface area contributed by atoms with Crippen LogP contribution < -0.4 is 0 Å². The highest BCUT2D eigenvalue weighted by molar-refractivity contribution is 9.10. The van der Waals surface area contributed by atoms with Gasteiger partial charge in [0.2, 0.25) is 0 Å². The van der Waals surface area contributed by atoms with Gasteiger partial charge in [0.15, 0.2) is 0 Å². The van der Waals surface area contributed by atoms with Crippen molar-refractivity contribution < 1.29 is 24.2 Å². The number of ether oxygens (including phenoxy) is 2. The van der Waals surface area contributed by atoms with E-state index in [1.165, 1.54) is 11.3 Å². The molecule has 1 aromatic heterocycles. The minimum Gasteiger partial charge on any atom is -0.480 e. The predicted octanol–water partition coefficient (Wildman–Crippen LogP) is 3.63. The topological polar surface area (TPSA) is 89.0 Å². The highest BCUT2D eigenvalue weighted by atomic mass is 79.9. The van der Waals surface area contributed by atoms with Gasteiger partial charge >= 0.3 is 12.1 Å². The molecule has 2 fully saturated rings. The minimum absolute atomic E-state index is 0.0147. The number of carbonyl (C=O) groups excluding carboxylic acids is 1. The van der Waals surface area contributed by atoms with E-state index in [4.69, 9.17) is 14.6 Å². The Kier molecular flexibility index (Phi) is 5.39. The molecule has 1 amide bonds. The first kappa shape index (κ1) is 19.4. The lowest BCUT2D eigenvalue weighted by Gasteiger charge is -2.39. The first-order chi connectivity index (χ1) is 13.5. The summed E-state index contributed by atoms with van der Waals surface area (Å²) in [6.45, 7) is 0.307. The van der Waals surface area contributed by atoms with Crippen LogP contribution in [-0.2, 0) is 26.5 Å². The molecule has 2 bridgehead atoms. The average Bonchev–Trinajstić information content (AvgIpc) is 3.40. The number of piperidine rings is 1. The van der Waals surface area contributed by atoms with Gasteiger partial charge in [0, 0.05) is 30.3 Å². The molecule has 1 aromatic carbocycles. The number of likely N-dealkylation sites (tertiary alicyclic amines) is 1. The van der Waals surface area contributed by atoms with Crippen LogP contribution >= 0.6 is 27.3 Å². The van der Waals surface area contributed by atoms with Crippen molar-refractivity contribution in [2.45, 2.75) is 31.1 Å². The Morgan fingerprint density at radius 2 is 2.14 bits per heavy atom. The van der Waals surface area contributed by atoms with Crippen molar-refractivity contribution in [3.8, 4) is 0 Å². The smallest absolute Gasteiger partial charge is 0.410 e. The third-order valence-electron chi connectivity index (χ3n) is 5.34. The molecule has 0 radical (unpaired) electrons. The van der Waals surface area contributed by atoms with Crippen LogP contribution in [-0.4, -0.2) is 46.2 Å². The Morgan fingerprint density at radius 1 is 1.36 bits per heavy atom. The van der Waals surface area contributed by atoms with Crippen LogP contribution in [0.25, 0.3) is 0 Å². The highest BCUT2D eigenvalue weighted by Gasteiger charge is 2.59. The van der Waals surface area contributed by atoms with E-state index in [2.05, 4.69) is 20.9 Å². The number of fused-ring (bicyclic) bond motifs is 2. The van der Waals surface area contributed by atoms with Crippen molar-refractivity contribution in [3.05, 3.63) is 50.9 Å². The molecule has 1 saturated heterocycles. The zero-order valence-corrected chi connectivity index (χ0v) is 17.3. The van der Waals surface area contributed by atoms with E-state index < -0.39 is 18.2 Å². The van der Waals surface area contributed by atoms with Crippen LogP contribution in [0.4, 0.5) is 4.79 Å². The number of hydrogen-bond acceptors (Lipinski definition) is 6. The summed E-state index contributed by atoms with van der Waals surface area (Å²) in [6.07, 6.45) is 0.922. The third kappa shape index (κ3) is 3.66. The first-order valence-electron chi connectivity index (χ1n) is 8.92. The number of carbonyl (C=O) groups is 2. The number of thiazole rings is 1. The average molecular weight is 467 g/mol. The number of carboxylic acid groups (broad SMARTS) is 1. The number of carboxylic acids is 1. The summed E-state index contributed by atoms with van der Waals surface area (Å²) in [6, 6.07) is 9.49. The fraction of sp³-hybridized carbons (Fsp3) is 0.421. The van der Waals surface area contributed by atoms with E-state index in [1.54, 1.807) is 4.90 Å². The van der Waals surface area contributed by atoms with Crippen LogP contribution in [0.15, 0.2) is 40.3 Å². The van der Waals surface area contributed by atoms with Gasteiger partial charge in [0.05, 0.1) is 0 Å². The van der Waals surface area contributed by atoms with Gasteiger partial charge in [-0.25, -0.2) is 14.6 Å². The normalized spacial score (nSPS) is 25.8. The number of nitrogens with zero attached hydrogens (tertiary/aromatic N) is 2. The summed E-state index contributed by atoms with van der Waals surface area (Å²) in [5.41, 5.74) is 0.169. The molecule has 2 aliphatic rings. The maximum atomic E-state index is 12.6. The van der Waals surface area contributed by atoms with Crippen molar-refractivity contribution in [1.29, 1.82) is 0 Å². The van der Waals surface area contributed by atoms with E-state index in [1.807, 2.05) is 35.7 Å². The van der Waals surface area contributed by atoms with Crippen molar-refractivity contribution in [2.24, 2.45) is 5.92 Å². The molecule has 7 nitrogen and oxygen atoms in total. The standard InChI is InChI=1S/C19H19BrN2O5S/c20-15-11-28-17(21-15)19(27-10-16(23)24)7-14-6-13(19)8-22(14)18(25)26-9-12-4-2-1-3-5-12/h1-5,11,13-14H,6-10H2,(H,23,24). The van der Waals surface area contributed by atoms with Crippen molar-refractivity contribution in [1.82, 2.24) is 9.88 Å². The van der Waals surface area contributed by atoms with Crippen molar-refractivity contribution in [3.63, 3.8) is 0 Å². The molecule has 3 unspecified atom stereocenters. The molecule has 9 heteroatoms. The molecular weight excluding hydrogens is 448 g/mol. The molecule has 4 rings (SSSR count). The lowest BCUT2D eigenvalue weighted by atomic mass is 9.89. The molecule has 1 aliphatic carbocycles. The fourth-order valence-corrected chi connectivity index (χ4v) is 5.63. The SMILES string of the molecule is O=C(O)COC1(c2nc(Br)cs2)CC2CC1CN2C(=O)OCc1ccccc1. The van der Waals surface area contributed by atoms with Crippen molar-refractivity contribution >= 4 is 39.3 Å². The van der Waals surface area contributed by atoms with Gasteiger partial charge in [0.1, 0.15) is 28.4 Å². The molecule has 1 aliphatic heterocycles. The van der Waals surface area contributed by atoms with E-state index in [9.17, 15) is 9.59 Å². The Balaban J connectivity index is 1.46. The molecule has 148 valence electrons. The number of hydrogen-bond donors (Lipinski definition) is 1. The van der Waals surface area contributed by atoms with Crippen molar-refractivity contribution in [2.75, 3.05) is 13.2 Å². The Bertz CT molecular complexity index is 876. The molecule has 0 spiro atoms. The minimum atomic E-state index is -1.02. The van der Waals surface area contributed by atoms with Gasteiger partial charge in [-0.1, -0.05) is 30.3 Å². The monoisotopic (exact) mass is 466 g/mol. The van der Waals surface area contributed by atoms with Crippen LogP contribution in [0.1, 0.15) is 23.4 Å². The molecule has 2 aromatic rings. The lowest BCUT2D eigenvalue weighted by molar-refractivity contribution is -0.156. The number of benzene rings is 1. The van der Waals surface area contributed by atoms with Gasteiger partial charge in [-0.2, -0.15) is 0 Å². The second-order valence-corrected chi connectivity index (χ2v) is 8.70. The van der Waals surface area contributed by atoms with Gasteiger partial charge in [0.25, 0.3) is 0 Å². The molecule has 28 heavy (non-hydrogen) atoms. The maximum absolute atomic E-state index is 12.6. The Labute approximate surface area is 174 Å².